The van der Waals surface area contributed by atoms with Crippen molar-refractivity contribution in [2.45, 2.75) is 33.2 Å². The van der Waals surface area contributed by atoms with Crippen molar-refractivity contribution < 1.29 is 4.79 Å². The Labute approximate surface area is 123 Å². The van der Waals surface area contributed by atoms with Crippen LogP contribution >= 0.6 is 0 Å². The largest absolute Gasteiger partial charge is 0.346 e. The fourth-order valence-corrected chi connectivity index (χ4v) is 2.72. The molecule has 0 radical (unpaired) electrons. The minimum atomic E-state index is -0.226. The highest BCUT2D eigenvalue weighted by atomic mass is 16.2. The lowest BCUT2D eigenvalue weighted by Gasteiger charge is -2.29. The van der Waals surface area contributed by atoms with Crippen LogP contribution in [0.2, 0.25) is 0 Å². The van der Waals surface area contributed by atoms with Gasteiger partial charge in [0.25, 0.3) is 11.7 Å². The van der Waals surface area contributed by atoms with Crippen molar-refractivity contribution >= 4 is 11.7 Å². The van der Waals surface area contributed by atoms with Crippen LogP contribution in [0.1, 0.15) is 35.4 Å². The second-order valence-electron chi connectivity index (χ2n) is 5.74. The van der Waals surface area contributed by atoms with Crippen LogP contribution < -0.4 is 10.6 Å². The van der Waals surface area contributed by atoms with E-state index in [0.717, 1.165) is 30.9 Å². The van der Waals surface area contributed by atoms with E-state index < -0.39 is 0 Å². The Morgan fingerprint density at radius 3 is 3.00 bits per heavy atom. The summed E-state index contributed by atoms with van der Waals surface area (Å²) in [7, 11) is 0. The lowest BCUT2D eigenvalue weighted by atomic mass is 9.95. The Morgan fingerprint density at radius 1 is 1.43 bits per heavy atom. The van der Waals surface area contributed by atoms with Gasteiger partial charge in [-0.1, -0.05) is 6.92 Å². The number of rotatable bonds is 2. The maximum Gasteiger partial charge on any atom is 0.291 e. The summed E-state index contributed by atoms with van der Waals surface area (Å²) in [5, 5.41) is 10.6. The third-order valence-electron chi connectivity index (χ3n) is 3.92. The number of aryl methyl sites for hydroxylation is 2. The highest BCUT2D eigenvalue weighted by molar-refractivity contribution is 5.91. The van der Waals surface area contributed by atoms with Crippen LogP contribution in [0, 0.1) is 19.8 Å². The van der Waals surface area contributed by atoms with Crippen LogP contribution in [0.5, 0.6) is 0 Å². The summed E-state index contributed by atoms with van der Waals surface area (Å²) >= 11 is 0. The molecule has 1 aliphatic heterocycles. The second kappa shape index (κ2) is 5.40. The van der Waals surface area contributed by atoms with Gasteiger partial charge in [0.15, 0.2) is 0 Å². The topological polar surface area (TPSA) is 84.2 Å². The lowest BCUT2D eigenvalue weighted by Crippen LogP contribution is -2.48. The van der Waals surface area contributed by atoms with E-state index in [2.05, 4.69) is 32.6 Å². The molecule has 2 unspecified atom stereocenters. The lowest BCUT2D eigenvalue weighted by molar-refractivity contribution is 0.0904. The van der Waals surface area contributed by atoms with Crippen LogP contribution in [0.4, 0.5) is 0 Å². The number of carbonyl (C=O) groups excluding carboxylic acids is 1. The summed E-state index contributed by atoms with van der Waals surface area (Å²) in [6.45, 7) is 7.80. The summed E-state index contributed by atoms with van der Waals surface area (Å²) in [5.41, 5.74) is 1.78. The van der Waals surface area contributed by atoms with E-state index in [-0.39, 0.29) is 17.8 Å². The molecule has 0 aliphatic carbocycles. The van der Waals surface area contributed by atoms with Gasteiger partial charge >= 0.3 is 0 Å². The first-order valence-electron chi connectivity index (χ1n) is 7.27. The third kappa shape index (κ3) is 2.73. The van der Waals surface area contributed by atoms with Gasteiger partial charge in [0.05, 0.1) is 0 Å². The Bertz CT molecular complexity index is 679. The van der Waals surface area contributed by atoms with Crippen LogP contribution in [-0.2, 0) is 0 Å². The van der Waals surface area contributed by atoms with Gasteiger partial charge < -0.3 is 10.6 Å². The number of nitrogens with zero attached hydrogens (tertiary/aromatic N) is 4. The van der Waals surface area contributed by atoms with Crippen molar-refractivity contribution in [2.75, 3.05) is 13.1 Å². The molecule has 2 N–H and O–H groups in total. The number of hydrogen-bond donors (Lipinski definition) is 2. The summed E-state index contributed by atoms with van der Waals surface area (Å²) in [5.74, 6) is 0.830. The van der Waals surface area contributed by atoms with Gasteiger partial charge in [-0.2, -0.15) is 4.98 Å². The molecule has 0 spiro atoms. The van der Waals surface area contributed by atoms with Gasteiger partial charge in [0.2, 0.25) is 5.82 Å². The highest BCUT2D eigenvalue weighted by Gasteiger charge is 2.25. The SMILES string of the molecule is Cc1cc(C)n2nc(C(=O)NC3CCNCC3C)nc2n1. The van der Waals surface area contributed by atoms with Crippen LogP contribution in [0.15, 0.2) is 6.07 Å². The highest BCUT2D eigenvalue weighted by Crippen LogP contribution is 2.11. The van der Waals surface area contributed by atoms with E-state index in [1.165, 1.54) is 0 Å². The third-order valence-corrected chi connectivity index (χ3v) is 3.92. The van der Waals surface area contributed by atoms with Gasteiger partial charge in [0, 0.05) is 17.4 Å². The molecular formula is C14H20N6O. The normalized spacial score (nSPS) is 22.4. The van der Waals surface area contributed by atoms with Crippen molar-refractivity contribution in [2.24, 2.45) is 5.92 Å². The van der Waals surface area contributed by atoms with Crippen LogP contribution in [0.3, 0.4) is 0 Å². The molecule has 2 aromatic heterocycles. The van der Waals surface area contributed by atoms with E-state index in [0.29, 0.717) is 11.7 Å². The van der Waals surface area contributed by atoms with Gasteiger partial charge in [-0.25, -0.2) is 9.50 Å². The number of aromatic nitrogens is 4. The fourth-order valence-electron chi connectivity index (χ4n) is 2.72. The Morgan fingerprint density at radius 2 is 2.24 bits per heavy atom. The first-order valence-corrected chi connectivity index (χ1v) is 7.27. The molecule has 2 atom stereocenters. The Balaban J connectivity index is 1.83. The van der Waals surface area contributed by atoms with Crippen molar-refractivity contribution in [3.63, 3.8) is 0 Å². The minimum absolute atomic E-state index is 0.168. The van der Waals surface area contributed by atoms with Gasteiger partial charge in [0.1, 0.15) is 0 Å². The molecule has 2 aromatic rings. The molecule has 1 aliphatic rings. The number of amides is 1. The molecule has 21 heavy (non-hydrogen) atoms. The average Bonchev–Trinajstić information content (AvgIpc) is 2.85. The predicted molar refractivity (Wildman–Crippen MR) is 78.2 cm³/mol. The molecule has 0 saturated carbocycles. The summed E-state index contributed by atoms with van der Waals surface area (Å²) in [6.07, 6.45) is 0.927. The molecule has 1 amide bonds. The zero-order chi connectivity index (χ0) is 15.0. The summed E-state index contributed by atoms with van der Waals surface area (Å²) in [6, 6.07) is 2.08. The first-order chi connectivity index (χ1) is 10.0. The van der Waals surface area contributed by atoms with Crippen molar-refractivity contribution in [1.82, 2.24) is 30.2 Å². The van der Waals surface area contributed by atoms with Crippen LogP contribution in [-0.4, -0.2) is 44.6 Å². The quantitative estimate of drug-likeness (QED) is 0.839. The smallest absolute Gasteiger partial charge is 0.291 e. The molecule has 3 rings (SSSR count). The van der Waals surface area contributed by atoms with Gasteiger partial charge in [-0.3, -0.25) is 4.79 Å². The molecule has 0 aromatic carbocycles. The average molecular weight is 288 g/mol. The van der Waals surface area contributed by atoms with Crippen molar-refractivity contribution in [3.05, 3.63) is 23.3 Å². The van der Waals surface area contributed by atoms with E-state index in [4.69, 9.17) is 0 Å². The number of carbonyl (C=O) groups is 1. The van der Waals surface area contributed by atoms with Crippen molar-refractivity contribution in [1.29, 1.82) is 0 Å². The molecule has 112 valence electrons. The maximum atomic E-state index is 12.3. The van der Waals surface area contributed by atoms with E-state index >= 15 is 0 Å². The molecule has 7 nitrogen and oxygen atoms in total. The molecule has 0 bridgehead atoms. The maximum absolute atomic E-state index is 12.3. The second-order valence-corrected chi connectivity index (χ2v) is 5.74. The zero-order valence-electron chi connectivity index (χ0n) is 12.6. The number of piperidine rings is 1. The van der Waals surface area contributed by atoms with E-state index in [1.54, 1.807) is 4.52 Å². The number of nitrogens with one attached hydrogen (secondary N) is 2. The molecule has 1 saturated heterocycles. The first kappa shape index (κ1) is 13.9. The number of hydrogen-bond acceptors (Lipinski definition) is 5. The monoisotopic (exact) mass is 288 g/mol. The van der Waals surface area contributed by atoms with E-state index in [9.17, 15) is 4.79 Å². The number of fused-ring (bicyclic) bond motifs is 1. The van der Waals surface area contributed by atoms with Gasteiger partial charge in [-0.05, 0) is 45.3 Å². The summed E-state index contributed by atoms with van der Waals surface area (Å²) in [4.78, 5) is 20.9. The summed E-state index contributed by atoms with van der Waals surface area (Å²) < 4.78 is 1.60. The molecule has 3 heterocycles. The minimum Gasteiger partial charge on any atom is -0.346 e. The Kier molecular flexibility index (Phi) is 3.59. The van der Waals surface area contributed by atoms with Crippen LogP contribution in [0.25, 0.3) is 5.78 Å². The Hall–Kier alpha value is -2.02. The molecular weight excluding hydrogens is 268 g/mol. The fraction of sp³-hybridized carbons (Fsp3) is 0.571. The predicted octanol–water partition coefficient (Wildman–Crippen LogP) is 0.469. The van der Waals surface area contributed by atoms with Crippen molar-refractivity contribution in [3.8, 4) is 0 Å². The standard InChI is InChI=1S/C14H20N6O/c1-8-7-15-5-4-11(8)17-13(21)12-18-14-16-9(2)6-10(3)20(14)19-12/h6,8,11,15H,4-5,7H2,1-3H3,(H,17,21). The van der Waals surface area contributed by atoms with E-state index in [1.807, 2.05) is 19.9 Å². The van der Waals surface area contributed by atoms with Gasteiger partial charge in [-0.15, -0.1) is 5.10 Å². The zero-order valence-corrected chi connectivity index (χ0v) is 12.6. The molecule has 7 heteroatoms. The molecule has 1 fully saturated rings.